The number of rotatable bonds is 5. The van der Waals surface area contributed by atoms with Gasteiger partial charge in [-0.1, -0.05) is 5.16 Å². The maximum Gasteiger partial charge on any atom is 0.223 e. The molecule has 2 atom stereocenters. The van der Waals surface area contributed by atoms with Crippen LogP contribution in [-0.4, -0.2) is 39.8 Å². The van der Waals surface area contributed by atoms with Gasteiger partial charge in [0.05, 0.1) is 12.1 Å². The van der Waals surface area contributed by atoms with E-state index in [1.807, 2.05) is 14.0 Å². The highest BCUT2D eigenvalue weighted by Crippen LogP contribution is 2.15. The summed E-state index contributed by atoms with van der Waals surface area (Å²) < 4.78 is 4.92. The van der Waals surface area contributed by atoms with Crippen molar-refractivity contribution in [3.63, 3.8) is 0 Å². The summed E-state index contributed by atoms with van der Waals surface area (Å²) in [7, 11) is 1.98. The van der Waals surface area contributed by atoms with Gasteiger partial charge in [-0.25, -0.2) is 0 Å². The van der Waals surface area contributed by atoms with Gasteiger partial charge in [0, 0.05) is 13.5 Å². The minimum atomic E-state index is -0.272. The van der Waals surface area contributed by atoms with Gasteiger partial charge in [-0.15, -0.1) is 0 Å². The molecule has 0 aliphatic carbocycles. The largest absolute Gasteiger partial charge is 0.393 e. The number of aliphatic hydroxyl groups is 1. The first-order valence-corrected chi connectivity index (χ1v) is 5.19. The Bertz CT molecular complexity index is 299. The molecule has 1 rings (SSSR count). The van der Waals surface area contributed by atoms with Crippen LogP contribution >= 0.6 is 0 Å². The highest BCUT2D eigenvalue weighted by molar-refractivity contribution is 4.91. The number of hydrogen-bond donors (Lipinski definition) is 1. The molecule has 1 N–H and O–H groups in total. The molecule has 0 saturated carbocycles. The average Bonchev–Trinajstić information content (AvgIpc) is 2.60. The van der Waals surface area contributed by atoms with Gasteiger partial charge < -0.3 is 9.63 Å². The molecule has 0 amide bonds. The van der Waals surface area contributed by atoms with Crippen molar-refractivity contribution in [1.82, 2.24) is 15.0 Å². The van der Waals surface area contributed by atoms with Gasteiger partial charge in [0.25, 0.3) is 0 Å². The molecule has 0 fully saturated rings. The van der Waals surface area contributed by atoms with E-state index in [0.29, 0.717) is 11.7 Å². The van der Waals surface area contributed by atoms with Crippen molar-refractivity contribution < 1.29 is 9.63 Å². The van der Waals surface area contributed by atoms with Gasteiger partial charge in [-0.2, -0.15) is 4.98 Å². The monoisotopic (exact) mass is 213 g/mol. The van der Waals surface area contributed by atoms with E-state index in [1.165, 1.54) is 0 Å². The molecule has 0 radical (unpaired) electrons. The Morgan fingerprint density at radius 1 is 1.47 bits per heavy atom. The Morgan fingerprint density at radius 2 is 2.13 bits per heavy atom. The first kappa shape index (κ1) is 12.1. The molecule has 15 heavy (non-hydrogen) atoms. The van der Waals surface area contributed by atoms with Crippen LogP contribution in [0, 0.1) is 6.92 Å². The van der Waals surface area contributed by atoms with E-state index in [9.17, 15) is 5.11 Å². The van der Waals surface area contributed by atoms with Crippen molar-refractivity contribution in [2.45, 2.75) is 39.3 Å². The standard InChI is InChI=1S/C10H19N3O2/c1-7(14)5-6-13(4)8(2)10-11-9(3)15-12-10/h7-8,14H,5-6H2,1-4H3. The summed E-state index contributed by atoms with van der Waals surface area (Å²) in [6.45, 7) is 6.40. The molecular weight excluding hydrogens is 194 g/mol. The van der Waals surface area contributed by atoms with Crippen LogP contribution in [0.15, 0.2) is 4.52 Å². The molecule has 1 aromatic heterocycles. The molecule has 0 spiro atoms. The van der Waals surface area contributed by atoms with E-state index in [1.54, 1.807) is 13.8 Å². The Balaban J connectivity index is 2.49. The Hall–Kier alpha value is -0.940. The maximum absolute atomic E-state index is 9.18. The zero-order valence-electron chi connectivity index (χ0n) is 9.77. The van der Waals surface area contributed by atoms with Gasteiger partial charge >= 0.3 is 0 Å². The van der Waals surface area contributed by atoms with Crippen LogP contribution in [0.5, 0.6) is 0 Å². The van der Waals surface area contributed by atoms with Gasteiger partial charge in [0.2, 0.25) is 5.89 Å². The molecule has 0 aliphatic heterocycles. The maximum atomic E-state index is 9.18. The zero-order chi connectivity index (χ0) is 11.4. The van der Waals surface area contributed by atoms with Crippen molar-refractivity contribution in [3.05, 3.63) is 11.7 Å². The van der Waals surface area contributed by atoms with E-state index < -0.39 is 0 Å². The minimum Gasteiger partial charge on any atom is -0.393 e. The topological polar surface area (TPSA) is 62.4 Å². The highest BCUT2D eigenvalue weighted by Gasteiger charge is 2.16. The number of aromatic nitrogens is 2. The zero-order valence-corrected chi connectivity index (χ0v) is 9.77. The lowest BCUT2D eigenvalue weighted by atomic mass is 10.2. The fourth-order valence-corrected chi connectivity index (χ4v) is 1.27. The molecule has 5 heteroatoms. The average molecular weight is 213 g/mol. The molecule has 0 saturated heterocycles. The van der Waals surface area contributed by atoms with Gasteiger partial charge in [0.1, 0.15) is 0 Å². The molecule has 2 unspecified atom stereocenters. The summed E-state index contributed by atoms with van der Waals surface area (Å²) in [5.74, 6) is 1.28. The Labute approximate surface area is 90.1 Å². The Kier molecular flexibility index (Phi) is 4.23. The van der Waals surface area contributed by atoms with Crippen LogP contribution in [0.2, 0.25) is 0 Å². The summed E-state index contributed by atoms with van der Waals surface area (Å²) in [5.41, 5.74) is 0. The highest BCUT2D eigenvalue weighted by atomic mass is 16.5. The van der Waals surface area contributed by atoms with E-state index in [-0.39, 0.29) is 12.1 Å². The fraction of sp³-hybridized carbons (Fsp3) is 0.800. The van der Waals surface area contributed by atoms with E-state index in [4.69, 9.17) is 4.52 Å². The smallest absolute Gasteiger partial charge is 0.223 e. The minimum absolute atomic E-state index is 0.112. The molecule has 5 nitrogen and oxygen atoms in total. The van der Waals surface area contributed by atoms with Gasteiger partial charge in [-0.3, -0.25) is 4.90 Å². The fourth-order valence-electron chi connectivity index (χ4n) is 1.27. The predicted octanol–water partition coefficient (Wildman–Crippen LogP) is 1.14. The van der Waals surface area contributed by atoms with Crippen molar-refractivity contribution in [2.75, 3.05) is 13.6 Å². The second-order valence-corrected chi connectivity index (χ2v) is 3.97. The predicted molar refractivity (Wildman–Crippen MR) is 56.4 cm³/mol. The summed E-state index contributed by atoms with van der Waals surface area (Å²) in [5, 5.41) is 13.1. The lowest BCUT2D eigenvalue weighted by Gasteiger charge is -2.22. The Morgan fingerprint density at radius 3 is 2.60 bits per heavy atom. The molecule has 1 aromatic rings. The number of nitrogens with zero attached hydrogens (tertiary/aromatic N) is 3. The molecule has 1 heterocycles. The van der Waals surface area contributed by atoms with Crippen LogP contribution in [0.4, 0.5) is 0 Å². The summed E-state index contributed by atoms with van der Waals surface area (Å²) in [6.07, 6.45) is 0.476. The summed E-state index contributed by atoms with van der Waals surface area (Å²) >= 11 is 0. The van der Waals surface area contributed by atoms with Crippen LogP contribution in [0.3, 0.4) is 0 Å². The third kappa shape index (κ3) is 3.60. The second-order valence-electron chi connectivity index (χ2n) is 3.97. The SMILES string of the molecule is Cc1nc(C(C)N(C)CCC(C)O)no1. The van der Waals surface area contributed by atoms with Crippen molar-refractivity contribution in [1.29, 1.82) is 0 Å². The van der Waals surface area contributed by atoms with E-state index >= 15 is 0 Å². The third-order valence-corrected chi connectivity index (χ3v) is 2.48. The van der Waals surface area contributed by atoms with E-state index in [2.05, 4.69) is 15.0 Å². The van der Waals surface area contributed by atoms with E-state index in [0.717, 1.165) is 13.0 Å². The normalized spacial score (nSPS) is 15.6. The summed E-state index contributed by atoms with van der Waals surface area (Å²) in [4.78, 5) is 6.27. The molecule has 86 valence electrons. The lowest BCUT2D eigenvalue weighted by Crippen LogP contribution is -2.26. The second kappa shape index (κ2) is 5.23. The molecule has 0 bridgehead atoms. The quantitative estimate of drug-likeness (QED) is 0.794. The first-order chi connectivity index (χ1) is 7.00. The van der Waals surface area contributed by atoms with Crippen LogP contribution in [-0.2, 0) is 0 Å². The van der Waals surface area contributed by atoms with Crippen molar-refractivity contribution in [3.8, 4) is 0 Å². The number of aryl methyl sites for hydroxylation is 1. The molecule has 0 aliphatic rings. The van der Waals surface area contributed by atoms with Crippen LogP contribution in [0.25, 0.3) is 0 Å². The van der Waals surface area contributed by atoms with Gasteiger partial charge in [0.15, 0.2) is 5.82 Å². The lowest BCUT2D eigenvalue weighted by molar-refractivity contribution is 0.150. The third-order valence-electron chi connectivity index (χ3n) is 2.48. The summed E-state index contributed by atoms with van der Waals surface area (Å²) in [6, 6.07) is 0.112. The molecular formula is C10H19N3O2. The van der Waals surface area contributed by atoms with Crippen molar-refractivity contribution >= 4 is 0 Å². The van der Waals surface area contributed by atoms with Crippen LogP contribution in [0.1, 0.15) is 38.0 Å². The molecule has 0 aromatic carbocycles. The van der Waals surface area contributed by atoms with Crippen LogP contribution < -0.4 is 0 Å². The number of hydrogen-bond acceptors (Lipinski definition) is 5. The van der Waals surface area contributed by atoms with Gasteiger partial charge in [-0.05, 0) is 27.3 Å². The number of aliphatic hydroxyl groups excluding tert-OH is 1. The van der Waals surface area contributed by atoms with Crippen molar-refractivity contribution in [2.24, 2.45) is 0 Å². The first-order valence-electron chi connectivity index (χ1n) is 5.19.